The first kappa shape index (κ1) is 16.5. The van der Waals surface area contributed by atoms with Crippen LogP contribution in [0.1, 0.15) is 18.1 Å². The molecule has 0 saturated carbocycles. The number of aliphatic hydroxyl groups is 1. The zero-order chi connectivity index (χ0) is 16.1. The van der Waals surface area contributed by atoms with Crippen molar-refractivity contribution in [3.63, 3.8) is 0 Å². The number of anilines is 2. The van der Waals surface area contributed by atoms with Crippen molar-refractivity contribution in [2.45, 2.75) is 26.5 Å². The van der Waals surface area contributed by atoms with E-state index in [2.05, 4.69) is 26.6 Å². The van der Waals surface area contributed by atoms with E-state index >= 15 is 0 Å². The van der Waals surface area contributed by atoms with Crippen LogP contribution in [0, 0.1) is 6.92 Å². The summed E-state index contributed by atoms with van der Waals surface area (Å²) in [6, 6.07) is 12.7. The SMILES string of the molecule is Cc1ccc(NC(=O)C(C)Nc2cccc(CO)c2)c(Br)c1. The minimum Gasteiger partial charge on any atom is -0.392 e. The van der Waals surface area contributed by atoms with Crippen molar-refractivity contribution in [1.29, 1.82) is 0 Å². The van der Waals surface area contributed by atoms with Gasteiger partial charge in [-0.1, -0.05) is 18.2 Å². The van der Waals surface area contributed by atoms with Gasteiger partial charge >= 0.3 is 0 Å². The Hall–Kier alpha value is -1.85. The molecule has 0 aliphatic carbocycles. The molecular formula is C17H19BrN2O2. The summed E-state index contributed by atoms with van der Waals surface area (Å²) in [6.07, 6.45) is 0. The monoisotopic (exact) mass is 362 g/mol. The van der Waals surface area contributed by atoms with Crippen LogP contribution in [-0.4, -0.2) is 17.1 Å². The molecule has 2 rings (SSSR count). The highest BCUT2D eigenvalue weighted by molar-refractivity contribution is 9.10. The Bertz CT molecular complexity index is 673. The van der Waals surface area contributed by atoms with Crippen molar-refractivity contribution in [2.24, 2.45) is 0 Å². The molecule has 0 bridgehead atoms. The van der Waals surface area contributed by atoms with E-state index in [1.165, 1.54) is 0 Å². The summed E-state index contributed by atoms with van der Waals surface area (Å²) in [6.45, 7) is 3.77. The molecule has 0 spiro atoms. The zero-order valence-electron chi connectivity index (χ0n) is 12.6. The maximum atomic E-state index is 12.3. The summed E-state index contributed by atoms with van der Waals surface area (Å²) >= 11 is 3.45. The molecule has 2 aromatic rings. The fourth-order valence-corrected chi connectivity index (χ4v) is 2.63. The van der Waals surface area contributed by atoms with E-state index in [4.69, 9.17) is 5.11 Å². The number of hydrogen-bond acceptors (Lipinski definition) is 3. The maximum absolute atomic E-state index is 12.3. The first-order chi connectivity index (χ1) is 10.5. The largest absolute Gasteiger partial charge is 0.392 e. The van der Waals surface area contributed by atoms with Gasteiger partial charge in [-0.05, 0) is 65.2 Å². The Morgan fingerprint density at radius 2 is 2.05 bits per heavy atom. The Morgan fingerprint density at radius 1 is 1.27 bits per heavy atom. The number of nitrogens with one attached hydrogen (secondary N) is 2. The number of rotatable bonds is 5. The quantitative estimate of drug-likeness (QED) is 0.759. The van der Waals surface area contributed by atoms with Crippen LogP contribution in [0.3, 0.4) is 0 Å². The lowest BCUT2D eigenvalue weighted by molar-refractivity contribution is -0.116. The van der Waals surface area contributed by atoms with Crippen LogP contribution in [0.4, 0.5) is 11.4 Å². The van der Waals surface area contributed by atoms with E-state index in [0.717, 1.165) is 27.0 Å². The van der Waals surface area contributed by atoms with Crippen LogP contribution >= 0.6 is 15.9 Å². The lowest BCUT2D eigenvalue weighted by atomic mass is 10.2. The second kappa shape index (κ2) is 7.42. The molecule has 1 unspecified atom stereocenters. The molecule has 116 valence electrons. The highest BCUT2D eigenvalue weighted by atomic mass is 79.9. The van der Waals surface area contributed by atoms with E-state index in [1.54, 1.807) is 6.92 Å². The van der Waals surface area contributed by atoms with E-state index in [-0.39, 0.29) is 12.5 Å². The van der Waals surface area contributed by atoms with Crippen molar-refractivity contribution in [3.8, 4) is 0 Å². The molecule has 0 aliphatic rings. The van der Waals surface area contributed by atoms with Crippen molar-refractivity contribution >= 4 is 33.2 Å². The molecule has 0 saturated heterocycles. The van der Waals surface area contributed by atoms with Crippen LogP contribution in [-0.2, 0) is 11.4 Å². The molecule has 0 aliphatic heterocycles. The zero-order valence-corrected chi connectivity index (χ0v) is 14.1. The summed E-state index contributed by atoms with van der Waals surface area (Å²) in [5.41, 5.74) is 3.47. The second-order valence-electron chi connectivity index (χ2n) is 5.20. The highest BCUT2D eigenvalue weighted by Gasteiger charge is 2.14. The third-order valence-electron chi connectivity index (χ3n) is 3.27. The van der Waals surface area contributed by atoms with Gasteiger partial charge in [-0.3, -0.25) is 4.79 Å². The van der Waals surface area contributed by atoms with Gasteiger partial charge in [0.15, 0.2) is 0 Å². The average molecular weight is 363 g/mol. The molecule has 3 N–H and O–H groups in total. The van der Waals surface area contributed by atoms with Crippen LogP contribution in [0.2, 0.25) is 0 Å². The molecule has 0 aromatic heterocycles. The van der Waals surface area contributed by atoms with Crippen LogP contribution in [0.5, 0.6) is 0 Å². The van der Waals surface area contributed by atoms with Crippen LogP contribution in [0.15, 0.2) is 46.9 Å². The first-order valence-corrected chi connectivity index (χ1v) is 7.82. The molecule has 1 amide bonds. The van der Waals surface area contributed by atoms with Crippen molar-refractivity contribution < 1.29 is 9.90 Å². The third kappa shape index (κ3) is 4.32. The van der Waals surface area contributed by atoms with E-state index in [9.17, 15) is 4.79 Å². The van der Waals surface area contributed by atoms with Crippen molar-refractivity contribution in [3.05, 3.63) is 58.1 Å². The standard InChI is InChI=1S/C17H19BrN2O2/c1-11-6-7-16(15(18)8-11)20-17(22)12(2)19-14-5-3-4-13(9-14)10-21/h3-9,12,19,21H,10H2,1-2H3,(H,20,22). The number of carbonyl (C=O) groups is 1. The highest BCUT2D eigenvalue weighted by Crippen LogP contribution is 2.23. The lowest BCUT2D eigenvalue weighted by Gasteiger charge is -2.16. The molecule has 0 heterocycles. The number of hydrogen-bond donors (Lipinski definition) is 3. The number of carbonyl (C=O) groups excluding carboxylic acids is 1. The predicted molar refractivity (Wildman–Crippen MR) is 93.0 cm³/mol. The Kier molecular flexibility index (Phi) is 5.57. The number of amides is 1. The van der Waals surface area contributed by atoms with E-state index in [1.807, 2.05) is 49.4 Å². The summed E-state index contributed by atoms with van der Waals surface area (Å²) in [5.74, 6) is -0.126. The normalized spacial score (nSPS) is 11.8. The molecule has 0 radical (unpaired) electrons. The van der Waals surface area contributed by atoms with E-state index < -0.39 is 6.04 Å². The summed E-state index contributed by atoms with van der Waals surface area (Å²) in [4.78, 5) is 12.3. The molecule has 22 heavy (non-hydrogen) atoms. The third-order valence-corrected chi connectivity index (χ3v) is 3.92. The summed E-state index contributed by atoms with van der Waals surface area (Å²) in [7, 11) is 0. The number of benzene rings is 2. The first-order valence-electron chi connectivity index (χ1n) is 7.03. The van der Waals surface area contributed by atoms with Gasteiger partial charge in [-0.25, -0.2) is 0 Å². The van der Waals surface area contributed by atoms with E-state index in [0.29, 0.717) is 0 Å². The number of aryl methyl sites for hydroxylation is 1. The van der Waals surface area contributed by atoms with Gasteiger partial charge < -0.3 is 15.7 Å². The smallest absolute Gasteiger partial charge is 0.246 e. The van der Waals surface area contributed by atoms with Gasteiger partial charge in [-0.2, -0.15) is 0 Å². The maximum Gasteiger partial charge on any atom is 0.246 e. The fourth-order valence-electron chi connectivity index (χ4n) is 2.04. The molecule has 0 fully saturated rings. The van der Waals surface area contributed by atoms with Gasteiger partial charge in [0.2, 0.25) is 5.91 Å². The molecule has 4 nitrogen and oxygen atoms in total. The van der Waals surface area contributed by atoms with Crippen LogP contribution < -0.4 is 10.6 Å². The number of aliphatic hydroxyl groups excluding tert-OH is 1. The van der Waals surface area contributed by atoms with Gasteiger partial charge in [-0.15, -0.1) is 0 Å². The Morgan fingerprint density at radius 3 is 2.73 bits per heavy atom. The van der Waals surface area contributed by atoms with Gasteiger partial charge in [0.05, 0.1) is 12.3 Å². The van der Waals surface area contributed by atoms with Crippen molar-refractivity contribution in [2.75, 3.05) is 10.6 Å². The second-order valence-corrected chi connectivity index (χ2v) is 6.05. The fraction of sp³-hybridized carbons (Fsp3) is 0.235. The lowest BCUT2D eigenvalue weighted by Crippen LogP contribution is -2.32. The average Bonchev–Trinajstić information content (AvgIpc) is 2.50. The van der Waals surface area contributed by atoms with Gasteiger partial charge in [0.1, 0.15) is 6.04 Å². The molecule has 5 heteroatoms. The molecule has 2 aromatic carbocycles. The predicted octanol–water partition coefficient (Wildman–Crippen LogP) is 3.69. The number of halogens is 1. The Balaban J connectivity index is 2.02. The summed E-state index contributed by atoms with van der Waals surface area (Å²) < 4.78 is 0.857. The summed E-state index contributed by atoms with van der Waals surface area (Å²) in [5, 5.41) is 15.2. The van der Waals surface area contributed by atoms with Gasteiger partial charge in [0, 0.05) is 10.2 Å². The van der Waals surface area contributed by atoms with Gasteiger partial charge in [0.25, 0.3) is 0 Å². The van der Waals surface area contributed by atoms with Crippen molar-refractivity contribution in [1.82, 2.24) is 0 Å². The minimum absolute atomic E-state index is 0.0214. The van der Waals surface area contributed by atoms with Crippen LogP contribution in [0.25, 0.3) is 0 Å². The topological polar surface area (TPSA) is 61.4 Å². The Labute approximate surface area is 138 Å². The molecule has 1 atom stereocenters. The minimum atomic E-state index is -0.401. The molecular weight excluding hydrogens is 344 g/mol.